The molecule has 0 spiro atoms. The van der Waals surface area contributed by atoms with E-state index in [9.17, 15) is 4.79 Å². The molecule has 2 atom stereocenters. The number of carbonyl (C=O) groups excluding carboxylic acids is 1. The highest BCUT2D eigenvalue weighted by Crippen LogP contribution is 2.31. The number of hydrogen-bond donors (Lipinski definition) is 1. The average molecular weight is 444 g/mol. The van der Waals surface area contributed by atoms with E-state index in [1.165, 1.54) is 22.3 Å². The van der Waals surface area contributed by atoms with Gasteiger partial charge in [-0.15, -0.1) is 0 Å². The van der Waals surface area contributed by atoms with E-state index in [1.807, 2.05) is 35.2 Å². The molecule has 1 fully saturated rings. The Kier molecular flexibility index (Phi) is 6.99. The lowest BCUT2D eigenvalue weighted by atomic mass is 10.0. The number of aryl methyl sites for hydroxylation is 2. The molecule has 1 N–H and O–H groups in total. The molecule has 0 radical (unpaired) electrons. The number of amides is 2. The third-order valence-electron chi connectivity index (χ3n) is 6.57. The summed E-state index contributed by atoms with van der Waals surface area (Å²) in [5, 5.41) is 1.78. The van der Waals surface area contributed by atoms with E-state index in [2.05, 4.69) is 68.7 Å². The molecule has 1 heterocycles. The number of benzene rings is 3. The highest BCUT2D eigenvalue weighted by molar-refractivity contribution is 5.77. The minimum atomic E-state index is 0.00511. The first-order valence-electron chi connectivity index (χ1n) is 11.6. The number of hydrogen-bond acceptors (Lipinski definition) is 3. The monoisotopic (exact) mass is 443 g/mol. The second-order valence-corrected chi connectivity index (χ2v) is 8.81. The molecule has 5 heteroatoms. The normalized spacial score (nSPS) is 16.8. The van der Waals surface area contributed by atoms with Gasteiger partial charge in [0.2, 0.25) is 0 Å². The van der Waals surface area contributed by atoms with Gasteiger partial charge in [0.25, 0.3) is 0 Å². The smallest absolute Gasteiger partial charge is 0.335 e. The maximum absolute atomic E-state index is 13.5. The van der Waals surface area contributed by atoms with E-state index in [-0.39, 0.29) is 18.1 Å². The number of nitrogens with one attached hydrogen (secondary N) is 1. The summed E-state index contributed by atoms with van der Waals surface area (Å²) in [6.45, 7) is 7.61. The Morgan fingerprint density at radius 3 is 2.39 bits per heavy atom. The van der Waals surface area contributed by atoms with E-state index < -0.39 is 0 Å². The lowest BCUT2D eigenvalue weighted by Gasteiger charge is -2.24. The fourth-order valence-corrected chi connectivity index (χ4v) is 4.35. The number of ether oxygens (including phenoxy) is 1. The quantitative estimate of drug-likeness (QED) is 0.493. The maximum atomic E-state index is 13.5. The maximum Gasteiger partial charge on any atom is 0.335 e. The zero-order chi connectivity index (χ0) is 23.4. The number of nitrogens with zero attached hydrogens (tertiary/aromatic N) is 2. The van der Waals surface area contributed by atoms with Crippen LogP contribution >= 0.6 is 0 Å². The van der Waals surface area contributed by atoms with Crippen molar-refractivity contribution in [3.05, 3.63) is 101 Å². The molecule has 0 saturated carbocycles. The SMILES string of the molecule is COc1ccc(CCN2C(=O)N(NC(C)c3ccccc3)CC2c2ccc(C)c(C)c2)cc1. The lowest BCUT2D eigenvalue weighted by molar-refractivity contribution is 0.165. The van der Waals surface area contributed by atoms with Crippen molar-refractivity contribution in [3.63, 3.8) is 0 Å². The first kappa shape index (κ1) is 22.9. The van der Waals surface area contributed by atoms with Crippen LogP contribution in [0, 0.1) is 13.8 Å². The molecule has 1 aliphatic heterocycles. The van der Waals surface area contributed by atoms with Gasteiger partial charge in [-0.3, -0.25) is 5.01 Å². The molecule has 0 bridgehead atoms. The number of hydrazine groups is 1. The third kappa shape index (κ3) is 5.20. The summed E-state index contributed by atoms with van der Waals surface area (Å²) < 4.78 is 5.27. The summed E-state index contributed by atoms with van der Waals surface area (Å²) in [7, 11) is 1.67. The van der Waals surface area contributed by atoms with Crippen LogP contribution in [0.5, 0.6) is 5.75 Å². The fraction of sp³-hybridized carbons (Fsp3) is 0.321. The highest BCUT2D eigenvalue weighted by atomic mass is 16.5. The molecule has 5 nitrogen and oxygen atoms in total. The van der Waals surface area contributed by atoms with E-state index in [1.54, 1.807) is 12.1 Å². The Balaban J connectivity index is 1.54. The zero-order valence-electron chi connectivity index (χ0n) is 19.9. The van der Waals surface area contributed by atoms with Crippen LogP contribution < -0.4 is 10.2 Å². The van der Waals surface area contributed by atoms with Crippen LogP contribution in [0.3, 0.4) is 0 Å². The van der Waals surface area contributed by atoms with E-state index in [4.69, 9.17) is 4.74 Å². The largest absolute Gasteiger partial charge is 0.497 e. The molecular formula is C28H33N3O2. The van der Waals surface area contributed by atoms with Crippen LogP contribution in [-0.2, 0) is 6.42 Å². The third-order valence-corrected chi connectivity index (χ3v) is 6.57. The Morgan fingerprint density at radius 2 is 1.73 bits per heavy atom. The topological polar surface area (TPSA) is 44.8 Å². The lowest BCUT2D eigenvalue weighted by Crippen LogP contribution is -2.43. The molecule has 0 aromatic heterocycles. The number of urea groups is 1. The number of methoxy groups -OCH3 is 1. The molecule has 3 aromatic rings. The summed E-state index contributed by atoms with van der Waals surface area (Å²) in [5.41, 5.74) is 9.48. The van der Waals surface area contributed by atoms with Crippen molar-refractivity contribution >= 4 is 6.03 Å². The van der Waals surface area contributed by atoms with Gasteiger partial charge in [-0.1, -0.05) is 60.7 Å². The van der Waals surface area contributed by atoms with E-state index >= 15 is 0 Å². The van der Waals surface area contributed by atoms with Crippen LogP contribution in [0.25, 0.3) is 0 Å². The van der Waals surface area contributed by atoms with Crippen LogP contribution in [-0.4, -0.2) is 36.1 Å². The van der Waals surface area contributed by atoms with Crippen LogP contribution in [0.4, 0.5) is 4.79 Å². The summed E-state index contributed by atoms with van der Waals surface area (Å²) in [6.07, 6.45) is 0.791. The van der Waals surface area contributed by atoms with Crippen LogP contribution in [0.1, 0.15) is 46.8 Å². The second kappa shape index (κ2) is 10.1. The van der Waals surface area contributed by atoms with Crippen molar-refractivity contribution in [2.75, 3.05) is 20.2 Å². The predicted molar refractivity (Wildman–Crippen MR) is 132 cm³/mol. The van der Waals surface area contributed by atoms with Gasteiger partial charge < -0.3 is 9.64 Å². The summed E-state index contributed by atoms with van der Waals surface area (Å²) >= 11 is 0. The molecule has 172 valence electrons. The fourth-order valence-electron chi connectivity index (χ4n) is 4.35. The van der Waals surface area contributed by atoms with Gasteiger partial charge >= 0.3 is 6.03 Å². The van der Waals surface area contributed by atoms with Crippen molar-refractivity contribution in [1.29, 1.82) is 0 Å². The van der Waals surface area contributed by atoms with Gasteiger partial charge in [0.15, 0.2) is 0 Å². The predicted octanol–water partition coefficient (Wildman–Crippen LogP) is 5.60. The van der Waals surface area contributed by atoms with Crippen molar-refractivity contribution < 1.29 is 9.53 Å². The molecular weight excluding hydrogens is 410 g/mol. The summed E-state index contributed by atoms with van der Waals surface area (Å²) in [6, 6.07) is 24.9. The second-order valence-electron chi connectivity index (χ2n) is 8.81. The van der Waals surface area contributed by atoms with E-state index in [0.717, 1.165) is 17.7 Å². The standard InChI is InChI=1S/C28H33N3O2/c1-20-10-13-25(18-21(20)2)27-19-31(29-22(3)24-8-6-5-7-9-24)28(32)30(27)17-16-23-11-14-26(33-4)15-12-23/h5-15,18,22,27,29H,16-17,19H2,1-4H3. The first-order chi connectivity index (χ1) is 16.0. The number of rotatable bonds is 8. The minimum absolute atomic E-state index is 0.00511. The summed E-state index contributed by atoms with van der Waals surface area (Å²) in [5.74, 6) is 0.842. The van der Waals surface area contributed by atoms with Crippen molar-refractivity contribution in [2.24, 2.45) is 0 Å². The van der Waals surface area contributed by atoms with Gasteiger partial charge in [0.05, 0.1) is 19.7 Å². The Hall–Kier alpha value is -3.31. The Morgan fingerprint density at radius 1 is 1.00 bits per heavy atom. The van der Waals surface area contributed by atoms with Gasteiger partial charge in [-0.05, 0) is 67.1 Å². The van der Waals surface area contributed by atoms with E-state index in [0.29, 0.717) is 13.1 Å². The van der Waals surface area contributed by atoms with Crippen molar-refractivity contribution in [2.45, 2.75) is 39.3 Å². The zero-order valence-corrected chi connectivity index (χ0v) is 19.9. The van der Waals surface area contributed by atoms with Gasteiger partial charge in [-0.2, -0.15) is 0 Å². The number of carbonyl (C=O) groups is 1. The molecule has 1 aliphatic rings. The van der Waals surface area contributed by atoms with Gasteiger partial charge in [0, 0.05) is 12.6 Å². The molecule has 3 aromatic carbocycles. The van der Waals surface area contributed by atoms with Crippen molar-refractivity contribution in [3.8, 4) is 5.75 Å². The molecule has 4 rings (SSSR count). The summed E-state index contributed by atoms with van der Waals surface area (Å²) in [4.78, 5) is 15.5. The van der Waals surface area contributed by atoms with Crippen LogP contribution in [0.2, 0.25) is 0 Å². The van der Waals surface area contributed by atoms with Crippen molar-refractivity contribution in [1.82, 2.24) is 15.3 Å². The molecule has 0 aliphatic carbocycles. The highest BCUT2D eigenvalue weighted by Gasteiger charge is 2.38. The first-order valence-corrected chi connectivity index (χ1v) is 11.6. The average Bonchev–Trinajstić information content (AvgIpc) is 3.15. The van der Waals surface area contributed by atoms with Gasteiger partial charge in [-0.25, -0.2) is 10.2 Å². The minimum Gasteiger partial charge on any atom is -0.497 e. The molecule has 2 unspecified atom stereocenters. The van der Waals surface area contributed by atoms with Crippen LogP contribution in [0.15, 0.2) is 72.8 Å². The molecule has 2 amide bonds. The Labute approximate surface area is 197 Å². The Bertz CT molecular complexity index is 1080. The van der Waals surface area contributed by atoms with Gasteiger partial charge in [0.1, 0.15) is 5.75 Å². The molecule has 33 heavy (non-hydrogen) atoms. The molecule has 1 saturated heterocycles.